The quantitative estimate of drug-likeness (QED) is 0.840. The van der Waals surface area contributed by atoms with Crippen molar-refractivity contribution in [1.29, 1.82) is 0 Å². The smallest absolute Gasteiger partial charge is 0.227 e. The minimum atomic E-state index is 0.0889. The summed E-state index contributed by atoms with van der Waals surface area (Å²) in [5.41, 5.74) is 6.71. The van der Waals surface area contributed by atoms with Gasteiger partial charge >= 0.3 is 0 Å². The first kappa shape index (κ1) is 14.6. The van der Waals surface area contributed by atoms with Crippen molar-refractivity contribution in [2.24, 2.45) is 0 Å². The lowest BCUT2D eigenvalue weighted by Gasteiger charge is -2.34. The number of nitrogens with one attached hydrogen (secondary N) is 1. The van der Waals surface area contributed by atoms with Crippen molar-refractivity contribution < 1.29 is 4.74 Å². The molecule has 1 aliphatic rings. The molecular weight excluding hydrogens is 282 g/mol. The average Bonchev–Trinajstić information content (AvgIpc) is 2.55. The van der Waals surface area contributed by atoms with E-state index in [1.807, 2.05) is 18.2 Å². The zero-order valence-corrected chi connectivity index (χ0v) is 12.4. The molecule has 0 radical (unpaired) electrons. The topological polar surface area (TPSA) is 102 Å². The van der Waals surface area contributed by atoms with Gasteiger partial charge in [-0.1, -0.05) is 6.07 Å². The standard InChI is InChI=1S/C14H19N7O/c1-16-14-19-12(18-13(15)20-14)8-21-6-7-22-9-11(21)10-4-2-3-5-17-10/h2-5,11H,6-9H2,1H3,(H3,15,16,18,19,20). The molecule has 0 amide bonds. The molecule has 0 bridgehead atoms. The van der Waals surface area contributed by atoms with E-state index in [-0.39, 0.29) is 12.0 Å². The maximum absolute atomic E-state index is 5.73. The number of morpholine rings is 1. The van der Waals surface area contributed by atoms with Gasteiger partial charge in [-0.25, -0.2) is 0 Å². The molecule has 8 nitrogen and oxygen atoms in total. The fourth-order valence-corrected chi connectivity index (χ4v) is 2.47. The molecule has 0 aliphatic carbocycles. The summed E-state index contributed by atoms with van der Waals surface area (Å²) in [7, 11) is 1.75. The molecule has 1 unspecified atom stereocenters. The Morgan fingerprint density at radius 1 is 1.36 bits per heavy atom. The lowest BCUT2D eigenvalue weighted by molar-refractivity contribution is -0.0153. The summed E-state index contributed by atoms with van der Waals surface area (Å²) in [4.78, 5) is 19.3. The van der Waals surface area contributed by atoms with Crippen LogP contribution in [0.15, 0.2) is 24.4 Å². The third kappa shape index (κ3) is 3.29. The summed E-state index contributed by atoms with van der Waals surface area (Å²) in [5, 5.41) is 2.89. The molecule has 8 heteroatoms. The molecule has 1 fully saturated rings. The summed E-state index contributed by atoms with van der Waals surface area (Å²) in [5.74, 6) is 1.34. The minimum absolute atomic E-state index is 0.0889. The molecule has 2 aromatic heterocycles. The van der Waals surface area contributed by atoms with E-state index in [0.717, 1.165) is 12.2 Å². The number of nitrogen functional groups attached to an aromatic ring is 1. The lowest BCUT2D eigenvalue weighted by atomic mass is 10.1. The predicted octanol–water partition coefficient (Wildman–Crippen LogP) is 0.464. The number of rotatable bonds is 4. The van der Waals surface area contributed by atoms with E-state index in [9.17, 15) is 0 Å². The van der Waals surface area contributed by atoms with Crippen molar-refractivity contribution in [2.45, 2.75) is 12.6 Å². The monoisotopic (exact) mass is 301 g/mol. The lowest BCUT2D eigenvalue weighted by Crippen LogP contribution is -2.39. The van der Waals surface area contributed by atoms with Crippen LogP contribution in [-0.2, 0) is 11.3 Å². The molecule has 3 heterocycles. The van der Waals surface area contributed by atoms with E-state index in [2.05, 4.69) is 30.2 Å². The van der Waals surface area contributed by atoms with Crippen molar-refractivity contribution in [3.05, 3.63) is 35.9 Å². The van der Waals surface area contributed by atoms with Gasteiger partial charge in [0.1, 0.15) is 5.82 Å². The molecule has 1 atom stereocenters. The molecule has 3 rings (SSSR count). The second-order valence-electron chi connectivity index (χ2n) is 5.00. The fourth-order valence-electron chi connectivity index (χ4n) is 2.47. The van der Waals surface area contributed by atoms with Crippen LogP contribution in [-0.4, -0.2) is 51.6 Å². The van der Waals surface area contributed by atoms with Crippen LogP contribution in [0.1, 0.15) is 17.6 Å². The van der Waals surface area contributed by atoms with E-state index >= 15 is 0 Å². The largest absolute Gasteiger partial charge is 0.378 e. The molecular formula is C14H19N7O. The minimum Gasteiger partial charge on any atom is -0.378 e. The first-order valence-corrected chi connectivity index (χ1v) is 7.17. The van der Waals surface area contributed by atoms with Gasteiger partial charge in [0, 0.05) is 19.8 Å². The van der Waals surface area contributed by atoms with Crippen LogP contribution in [0.3, 0.4) is 0 Å². The zero-order valence-electron chi connectivity index (χ0n) is 12.4. The van der Waals surface area contributed by atoms with Crippen molar-refractivity contribution in [2.75, 3.05) is 37.9 Å². The number of aromatic nitrogens is 4. The van der Waals surface area contributed by atoms with E-state index < -0.39 is 0 Å². The summed E-state index contributed by atoms with van der Waals surface area (Å²) >= 11 is 0. The molecule has 3 N–H and O–H groups in total. The first-order valence-electron chi connectivity index (χ1n) is 7.17. The number of ether oxygens (including phenoxy) is 1. The van der Waals surface area contributed by atoms with Gasteiger partial charge in [-0.15, -0.1) is 0 Å². The number of pyridine rings is 1. The van der Waals surface area contributed by atoms with Crippen LogP contribution in [0, 0.1) is 0 Å². The Labute approximate surface area is 128 Å². The van der Waals surface area contributed by atoms with Gasteiger partial charge in [0.2, 0.25) is 11.9 Å². The Kier molecular flexibility index (Phi) is 4.40. The van der Waals surface area contributed by atoms with Crippen LogP contribution < -0.4 is 11.1 Å². The van der Waals surface area contributed by atoms with Crippen molar-refractivity contribution in [3.8, 4) is 0 Å². The molecule has 116 valence electrons. The Balaban J connectivity index is 1.81. The van der Waals surface area contributed by atoms with E-state index in [4.69, 9.17) is 10.5 Å². The molecule has 0 aromatic carbocycles. The highest BCUT2D eigenvalue weighted by atomic mass is 16.5. The number of nitrogens with zero attached hydrogens (tertiary/aromatic N) is 5. The number of hydrogen-bond donors (Lipinski definition) is 2. The van der Waals surface area contributed by atoms with Crippen LogP contribution in [0.25, 0.3) is 0 Å². The predicted molar refractivity (Wildman–Crippen MR) is 82.0 cm³/mol. The van der Waals surface area contributed by atoms with Crippen molar-refractivity contribution in [1.82, 2.24) is 24.8 Å². The molecule has 0 saturated carbocycles. The molecule has 1 aliphatic heterocycles. The normalized spacial score (nSPS) is 19.0. The van der Waals surface area contributed by atoms with Crippen LogP contribution in [0.2, 0.25) is 0 Å². The van der Waals surface area contributed by atoms with Crippen molar-refractivity contribution >= 4 is 11.9 Å². The van der Waals surface area contributed by atoms with Gasteiger partial charge < -0.3 is 15.8 Å². The second kappa shape index (κ2) is 6.63. The van der Waals surface area contributed by atoms with E-state index in [1.54, 1.807) is 13.2 Å². The summed E-state index contributed by atoms with van der Waals surface area (Å²) in [6.45, 7) is 2.66. The van der Waals surface area contributed by atoms with Crippen LogP contribution in [0.4, 0.5) is 11.9 Å². The maximum atomic E-state index is 5.73. The van der Waals surface area contributed by atoms with Crippen LogP contribution in [0.5, 0.6) is 0 Å². The Morgan fingerprint density at radius 2 is 2.27 bits per heavy atom. The Morgan fingerprint density at radius 3 is 3.05 bits per heavy atom. The summed E-state index contributed by atoms with van der Waals surface area (Å²) in [6, 6.07) is 5.98. The first-order chi connectivity index (χ1) is 10.8. The van der Waals surface area contributed by atoms with Gasteiger partial charge in [0.15, 0.2) is 0 Å². The second-order valence-corrected chi connectivity index (χ2v) is 5.00. The molecule has 22 heavy (non-hydrogen) atoms. The third-order valence-corrected chi connectivity index (χ3v) is 3.54. The van der Waals surface area contributed by atoms with Gasteiger partial charge in [-0.3, -0.25) is 9.88 Å². The highest BCUT2D eigenvalue weighted by Gasteiger charge is 2.26. The fraction of sp³-hybridized carbons (Fsp3) is 0.429. The van der Waals surface area contributed by atoms with E-state index in [1.165, 1.54) is 0 Å². The highest BCUT2D eigenvalue weighted by Crippen LogP contribution is 2.23. The molecule has 0 spiro atoms. The summed E-state index contributed by atoms with van der Waals surface area (Å²) < 4.78 is 5.60. The van der Waals surface area contributed by atoms with Crippen molar-refractivity contribution in [3.63, 3.8) is 0 Å². The van der Waals surface area contributed by atoms with Gasteiger partial charge in [-0.2, -0.15) is 15.0 Å². The molecule has 1 saturated heterocycles. The Hall–Kier alpha value is -2.32. The van der Waals surface area contributed by atoms with E-state index in [0.29, 0.717) is 31.5 Å². The number of nitrogens with two attached hydrogens (primary N) is 1. The number of hydrogen-bond acceptors (Lipinski definition) is 8. The summed E-state index contributed by atoms with van der Waals surface area (Å²) in [6.07, 6.45) is 1.79. The Bertz CT molecular complexity index is 622. The zero-order chi connectivity index (χ0) is 15.4. The average molecular weight is 301 g/mol. The number of anilines is 2. The maximum Gasteiger partial charge on any atom is 0.227 e. The highest BCUT2D eigenvalue weighted by molar-refractivity contribution is 5.30. The SMILES string of the molecule is CNc1nc(N)nc(CN2CCOCC2c2ccccn2)n1. The van der Waals surface area contributed by atoms with Crippen LogP contribution >= 0.6 is 0 Å². The van der Waals surface area contributed by atoms with Gasteiger partial charge in [0.25, 0.3) is 0 Å². The van der Waals surface area contributed by atoms with Gasteiger partial charge in [0.05, 0.1) is 31.5 Å². The third-order valence-electron chi connectivity index (χ3n) is 3.54. The molecule has 2 aromatic rings. The van der Waals surface area contributed by atoms with Gasteiger partial charge in [-0.05, 0) is 12.1 Å².